The zero-order chi connectivity index (χ0) is 9.97. The van der Waals surface area contributed by atoms with Crippen LogP contribution in [0.15, 0.2) is 0 Å². The van der Waals surface area contributed by atoms with Gasteiger partial charge in [0.2, 0.25) is 0 Å². The van der Waals surface area contributed by atoms with Gasteiger partial charge in [-0.2, -0.15) is 0 Å². The van der Waals surface area contributed by atoms with Crippen LogP contribution in [0.25, 0.3) is 0 Å². The minimum atomic E-state index is -1.17. The Bertz CT molecular complexity index is 175. The second kappa shape index (κ2) is 4.59. The summed E-state index contributed by atoms with van der Waals surface area (Å²) in [5.41, 5.74) is 0. The van der Waals surface area contributed by atoms with Crippen molar-refractivity contribution in [2.45, 2.75) is 63.7 Å². The van der Waals surface area contributed by atoms with E-state index in [2.05, 4.69) is 0 Å². The van der Waals surface area contributed by atoms with Crippen molar-refractivity contribution in [2.24, 2.45) is 11.8 Å². The highest BCUT2D eigenvalue weighted by atomic mass is 19.2. The highest BCUT2D eigenvalue weighted by Crippen LogP contribution is 2.40. The van der Waals surface area contributed by atoms with E-state index in [9.17, 15) is 8.78 Å². The molecule has 2 saturated carbocycles. The molecule has 0 aromatic rings. The van der Waals surface area contributed by atoms with Gasteiger partial charge < -0.3 is 0 Å². The second-order valence-electron chi connectivity index (χ2n) is 4.95. The van der Waals surface area contributed by atoms with Gasteiger partial charge in [-0.15, -0.1) is 0 Å². The van der Waals surface area contributed by atoms with Crippen LogP contribution >= 0.6 is 0 Å². The fourth-order valence-corrected chi connectivity index (χ4v) is 3.19. The number of halogens is 2. The maximum absolute atomic E-state index is 13.7. The second-order valence-corrected chi connectivity index (χ2v) is 4.95. The largest absolute Gasteiger partial charge is 0.244 e. The molecule has 0 aromatic heterocycles. The summed E-state index contributed by atoms with van der Waals surface area (Å²) in [7, 11) is 0. The van der Waals surface area contributed by atoms with Crippen molar-refractivity contribution in [3.05, 3.63) is 0 Å². The summed E-state index contributed by atoms with van der Waals surface area (Å²) >= 11 is 0. The van der Waals surface area contributed by atoms with Crippen molar-refractivity contribution < 1.29 is 8.78 Å². The molecule has 2 aliphatic rings. The lowest BCUT2D eigenvalue weighted by Crippen LogP contribution is -2.36. The van der Waals surface area contributed by atoms with Gasteiger partial charge in [0.25, 0.3) is 0 Å². The van der Waals surface area contributed by atoms with Gasteiger partial charge in [0.15, 0.2) is 0 Å². The third-order valence-corrected chi connectivity index (χ3v) is 4.03. The molecule has 2 rings (SSSR count). The molecule has 0 nitrogen and oxygen atoms in total. The zero-order valence-electron chi connectivity index (χ0n) is 8.72. The summed E-state index contributed by atoms with van der Waals surface area (Å²) in [5, 5.41) is 0. The Balaban J connectivity index is 1.93. The molecule has 0 radical (unpaired) electrons. The Morgan fingerprint density at radius 2 is 1.43 bits per heavy atom. The van der Waals surface area contributed by atoms with E-state index in [1.165, 1.54) is 19.3 Å². The van der Waals surface area contributed by atoms with Gasteiger partial charge in [-0.1, -0.05) is 38.5 Å². The van der Waals surface area contributed by atoms with Gasteiger partial charge in [0, 0.05) is 0 Å². The van der Waals surface area contributed by atoms with Crippen molar-refractivity contribution in [3.8, 4) is 0 Å². The average molecular weight is 202 g/mol. The van der Waals surface area contributed by atoms with E-state index < -0.39 is 12.3 Å². The SMILES string of the molecule is FC1CCCC(C2CCCCC2)C1F. The summed E-state index contributed by atoms with van der Waals surface area (Å²) in [6, 6.07) is 0. The topological polar surface area (TPSA) is 0 Å². The maximum Gasteiger partial charge on any atom is 0.134 e. The van der Waals surface area contributed by atoms with Gasteiger partial charge in [0.1, 0.15) is 12.3 Å². The Morgan fingerprint density at radius 3 is 2.14 bits per heavy atom. The Morgan fingerprint density at radius 1 is 0.714 bits per heavy atom. The molecule has 0 bridgehead atoms. The molecule has 0 saturated heterocycles. The molecule has 2 heteroatoms. The van der Waals surface area contributed by atoms with Crippen molar-refractivity contribution >= 4 is 0 Å². The van der Waals surface area contributed by atoms with E-state index in [0.29, 0.717) is 12.3 Å². The van der Waals surface area contributed by atoms with Crippen LogP contribution in [0.2, 0.25) is 0 Å². The van der Waals surface area contributed by atoms with Crippen molar-refractivity contribution in [2.75, 3.05) is 0 Å². The highest BCUT2D eigenvalue weighted by molar-refractivity contribution is 4.87. The molecule has 14 heavy (non-hydrogen) atoms. The van der Waals surface area contributed by atoms with Gasteiger partial charge >= 0.3 is 0 Å². The van der Waals surface area contributed by atoms with E-state index in [1.807, 2.05) is 0 Å². The molecule has 3 atom stereocenters. The van der Waals surface area contributed by atoms with Crippen LogP contribution in [0.3, 0.4) is 0 Å². The quantitative estimate of drug-likeness (QED) is 0.602. The van der Waals surface area contributed by atoms with Crippen LogP contribution in [0.4, 0.5) is 8.78 Å². The van der Waals surface area contributed by atoms with Gasteiger partial charge in [0.05, 0.1) is 0 Å². The number of hydrogen-bond acceptors (Lipinski definition) is 0. The average Bonchev–Trinajstić information content (AvgIpc) is 2.23. The van der Waals surface area contributed by atoms with Crippen LogP contribution < -0.4 is 0 Å². The Kier molecular flexibility index (Phi) is 3.40. The normalized spacial score (nSPS) is 41.1. The molecule has 3 unspecified atom stereocenters. The monoisotopic (exact) mass is 202 g/mol. The van der Waals surface area contributed by atoms with Gasteiger partial charge in [-0.3, -0.25) is 0 Å². The van der Waals surface area contributed by atoms with Crippen molar-refractivity contribution in [1.82, 2.24) is 0 Å². The fourth-order valence-electron chi connectivity index (χ4n) is 3.19. The van der Waals surface area contributed by atoms with Crippen LogP contribution in [-0.4, -0.2) is 12.3 Å². The summed E-state index contributed by atoms with van der Waals surface area (Å²) in [4.78, 5) is 0. The molecule has 2 aliphatic carbocycles. The van der Waals surface area contributed by atoms with E-state index >= 15 is 0 Å². The third-order valence-electron chi connectivity index (χ3n) is 4.03. The maximum atomic E-state index is 13.7. The van der Waals surface area contributed by atoms with Crippen molar-refractivity contribution in [1.29, 1.82) is 0 Å². The summed E-state index contributed by atoms with van der Waals surface area (Å²) in [6.45, 7) is 0. The Labute approximate surface area is 85.1 Å². The molecule has 0 N–H and O–H groups in total. The molecular weight excluding hydrogens is 182 g/mol. The molecule has 0 aromatic carbocycles. The lowest BCUT2D eigenvalue weighted by molar-refractivity contribution is 0.0262. The van der Waals surface area contributed by atoms with E-state index in [-0.39, 0.29) is 5.92 Å². The van der Waals surface area contributed by atoms with E-state index in [1.54, 1.807) is 0 Å². The molecule has 0 amide bonds. The number of rotatable bonds is 1. The standard InChI is InChI=1S/C12H20F2/c13-11-8-4-7-10(12(11)14)9-5-2-1-3-6-9/h9-12H,1-8H2. The lowest BCUT2D eigenvalue weighted by Gasteiger charge is -2.36. The predicted octanol–water partition coefficient (Wildman–Crippen LogP) is 4.04. The van der Waals surface area contributed by atoms with Crippen molar-refractivity contribution in [3.63, 3.8) is 0 Å². The lowest BCUT2D eigenvalue weighted by atomic mass is 9.72. The number of alkyl halides is 2. The first-order valence-corrected chi connectivity index (χ1v) is 6.07. The van der Waals surface area contributed by atoms with Crippen LogP contribution in [-0.2, 0) is 0 Å². The van der Waals surface area contributed by atoms with Gasteiger partial charge in [-0.25, -0.2) is 8.78 Å². The minimum absolute atomic E-state index is 0.0408. The third kappa shape index (κ3) is 2.09. The molecule has 2 fully saturated rings. The smallest absolute Gasteiger partial charge is 0.134 e. The molecule has 0 spiro atoms. The minimum Gasteiger partial charge on any atom is -0.244 e. The Hall–Kier alpha value is -0.140. The summed E-state index contributed by atoms with van der Waals surface area (Å²) in [5.74, 6) is 0.524. The fraction of sp³-hybridized carbons (Fsp3) is 1.00. The molecule has 0 aliphatic heterocycles. The first-order chi connectivity index (χ1) is 6.79. The highest BCUT2D eigenvalue weighted by Gasteiger charge is 2.38. The first-order valence-electron chi connectivity index (χ1n) is 6.07. The summed E-state index contributed by atoms with van der Waals surface area (Å²) in [6.07, 6.45) is 5.95. The van der Waals surface area contributed by atoms with E-state index in [0.717, 1.165) is 25.7 Å². The zero-order valence-corrected chi connectivity index (χ0v) is 8.72. The first kappa shape index (κ1) is 10.4. The van der Waals surface area contributed by atoms with Crippen LogP contribution in [0, 0.1) is 11.8 Å². The van der Waals surface area contributed by atoms with Crippen LogP contribution in [0.5, 0.6) is 0 Å². The van der Waals surface area contributed by atoms with Crippen LogP contribution in [0.1, 0.15) is 51.4 Å². The molecule has 0 heterocycles. The summed E-state index contributed by atoms with van der Waals surface area (Å²) < 4.78 is 26.9. The predicted molar refractivity (Wildman–Crippen MR) is 53.7 cm³/mol. The van der Waals surface area contributed by atoms with E-state index in [4.69, 9.17) is 0 Å². The van der Waals surface area contributed by atoms with Gasteiger partial charge in [-0.05, 0) is 24.7 Å². The molecule has 82 valence electrons. The molecular formula is C12H20F2. The number of hydrogen-bond donors (Lipinski definition) is 0.